The molecule has 0 saturated heterocycles. The van der Waals surface area contributed by atoms with Crippen LogP contribution in [0.2, 0.25) is 0 Å². The first-order chi connectivity index (χ1) is 6.24. The summed E-state index contributed by atoms with van der Waals surface area (Å²) in [7, 11) is 0. The van der Waals surface area contributed by atoms with Crippen molar-refractivity contribution in [1.29, 1.82) is 5.26 Å². The molecule has 0 spiro atoms. The number of nitrogens with zero attached hydrogens (tertiary/aromatic N) is 1. The van der Waals surface area contributed by atoms with E-state index in [4.69, 9.17) is 5.26 Å². The van der Waals surface area contributed by atoms with Gasteiger partial charge >= 0.3 is 0 Å². The molecule has 0 aliphatic rings. The van der Waals surface area contributed by atoms with Crippen LogP contribution in [0, 0.1) is 20.7 Å². The fourth-order valence-corrected chi connectivity index (χ4v) is 1.55. The van der Waals surface area contributed by atoms with Gasteiger partial charge in [-0.05, 0) is 40.8 Å². The molecule has 0 bridgehead atoms. The van der Waals surface area contributed by atoms with Gasteiger partial charge in [-0.1, -0.05) is 0 Å². The number of benzene rings is 1. The third kappa shape index (κ3) is 3.19. The first kappa shape index (κ1) is 10.3. The molecular formula is C9H8FIN2. The summed E-state index contributed by atoms with van der Waals surface area (Å²) in [4.78, 5) is 0. The Kier molecular flexibility index (Phi) is 3.96. The van der Waals surface area contributed by atoms with Gasteiger partial charge in [-0.2, -0.15) is 5.26 Å². The number of halogens is 2. The van der Waals surface area contributed by atoms with E-state index in [1.165, 1.54) is 12.1 Å². The average Bonchev–Trinajstić information content (AvgIpc) is 2.09. The Hall–Kier alpha value is -0.830. The minimum atomic E-state index is -0.241. The Bertz CT molecular complexity index is 333. The fourth-order valence-electron chi connectivity index (χ4n) is 0.886. The smallest absolute Gasteiger partial charge is 0.124 e. The predicted molar refractivity (Wildman–Crippen MR) is 57.8 cm³/mol. The van der Waals surface area contributed by atoms with Crippen LogP contribution in [0.5, 0.6) is 0 Å². The predicted octanol–water partition coefficient (Wildman–Crippen LogP) is 2.76. The molecule has 0 amide bonds. The molecule has 4 heteroatoms. The number of nitrogens with one attached hydrogen (secondary N) is 1. The van der Waals surface area contributed by atoms with Gasteiger partial charge in [-0.3, -0.25) is 0 Å². The maximum atomic E-state index is 12.7. The minimum Gasteiger partial charge on any atom is -0.383 e. The summed E-state index contributed by atoms with van der Waals surface area (Å²) >= 11 is 2.05. The molecule has 0 saturated carbocycles. The van der Waals surface area contributed by atoms with E-state index in [1.807, 2.05) is 6.07 Å². The summed E-state index contributed by atoms with van der Waals surface area (Å²) in [6, 6.07) is 6.56. The summed E-state index contributed by atoms with van der Waals surface area (Å²) in [6.07, 6.45) is 0.452. The lowest BCUT2D eigenvalue weighted by molar-refractivity contribution is 0.627. The van der Waals surface area contributed by atoms with Crippen LogP contribution in [0.15, 0.2) is 18.2 Å². The first-order valence-corrected chi connectivity index (χ1v) is 4.88. The molecule has 0 aliphatic heterocycles. The molecule has 0 atom stereocenters. The largest absolute Gasteiger partial charge is 0.383 e. The van der Waals surface area contributed by atoms with Gasteiger partial charge in [-0.25, -0.2) is 4.39 Å². The highest BCUT2D eigenvalue weighted by Crippen LogP contribution is 2.18. The first-order valence-electron chi connectivity index (χ1n) is 3.80. The van der Waals surface area contributed by atoms with Crippen LogP contribution in [0.25, 0.3) is 0 Å². The van der Waals surface area contributed by atoms with Crippen LogP contribution < -0.4 is 5.32 Å². The number of rotatable bonds is 3. The summed E-state index contributed by atoms with van der Waals surface area (Å²) in [5.41, 5.74) is 0.872. The molecule has 0 fully saturated rings. The van der Waals surface area contributed by atoms with Crippen molar-refractivity contribution in [3.05, 3.63) is 27.6 Å². The number of hydrogen-bond acceptors (Lipinski definition) is 2. The molecule has 1 aromatic carbocycles. The second-order valence-corrected chi connectivity index (χ2v) is 3.62. The summed E-state index contributed by atoms with van der Waals surface area (Å²) in [5, 5.41) is 11.4. The normalized spacial score (nSPS) is 9.31. The van der Waals surface area contributed by atoms with E-state index in [0.717, 1.165) is 9.26 Å². The minimum absolute atomic E-state index is 0.241. The van der Waals surface area contributed by atoms with Crippen molar-refractivity contribution in [2.45, 2.75) is 6.42 Å². The summed E-state index contributed by atoms with van der Waals surface area (Å²) in [6.45, 7) is 0.595. The van der Waals surface area contributed by atoms with Gasteiger partial charge in [0.1, 0.15) is 5.82 Å². The van der Waals surface area contributed by atoms with Gasteiger partial charge in [0, 0.05) is 15.8 Å². The van der Waals surface area contributed by atoms with Gasteiger partial charge in [0.05, 0.1) is 12.5 Å². The molecule has 1 N–H and O–H groups in total. The van der Waals surface area contributed by atoms with Crippen molar-refractivity contribution >= 4 is 28.3 Å². The Morgan fingerprint density at radius 3 is 2.92 bits per heavy atom. The quantitative estimate of drug-likeness (QED) is 0.686. The van der Waals surface area contributed by atoms with Gasteiger partial charge in [-0.15, -0.1) is 0 Å². The Morgan fingerprint density at radius 2 is 2.31 bits per heavy atom. The van der Waals surface area contributed by atoms with E-state index in [-0.39, 0.29) is 5.82 Å². The molecule has 13 heavy (non-hydrogen) atoms. The van der Waals surface area contributed by atoms with Crippen molar-refractivity contribution in [1.82, 2.24) is 0 Å². The van der Waals surface area contributed by atoms with E-state index >= 15 is 0 Å². The van der Waals surface area contributed by atoms with Crippen molar-refractivity contribution in [2.75, 3.05) is 11.9 Å². The van der Waals surface area contributed by atoms with Crippen molar-refractivity contribution in [2.24, 2.45) is 0 Å². The summed E-state index contributed by atoms with van der Waals surface area (Å²) < 4.78 is 13.5. The zero-order valence-corrected chi connectivity index (χ0v) is 9.01. The second kappa shape index (κ2) is 5.02. The highest BCUT2D eigenvalue weighted by molar-refractivity contribution is 14.1. The highest BCUT2D eigenvalue weighted by atomic mass is 127. The summed E-state index contributed by atoms with van der Waals surface area (Å²) in [5.74, 6) is -0.241. The van der Waals surface area contributed by atoms with Crippen LogP contribution in [-0.4, -0.2) is 6.54 Å². The molecule has 0 aromatic heterocycles. The third-order valence-electron chi connectivity index (χ3n) is 1.48. The van der Waals surface area contributed by atoms with E-state index in [2.05, 4.69) is 27.9 Å². The van der Waals surface area contributed by atoms with Crippen LogP contribution in [0.4, 0.5) is 10.1 Å². The Labute approximate surface area is 89.9 Å². The van der Waals surface area contributed by atoms with E-state index in [0.29, 0.717) is 13.0 Å². The Morgan fingerprint density at radius 1 is 1.54 bits per heavy atom. The molecule has 2 nitrogen and oxygen atoms in total. The molecule has 0 radical (unpaired) electrons. The third-order valence-corrected chi connectivity index (χ3v) is 2.38. The van der Waals surface area contributed by atoms with Crippen molar-refractivity contribution in [3.63, 3.8) is 0 Å². The van der Waals surface area contributed by atoms with E-state index in [9.17, 15) is 4.39 Å². The fraction of sp³-hybridized carbons (Fsp3) is 0.222. The topological polar surface area (TPSA) is 35.8 Å². The van der Waals surface area contributed by atoms with Crippen LogP contribution >= 0.6 is 22.6 Å². The number of nitriles is 1. The van der Waals surface area contributed by atoms with Crippen molar-refractivity contribution < 1.29 is 4.39 Å². The number of anilines is 1. The monoisotopic (exact) mass is 290 g/mol. The lowest BCUT2D eigenvalue weighted by Gasteiger charge is -2.05. The zero-order valence-electron chi connectivity index (χ0n) is 6.85. The highest BCUT2D eigenvalue weighted by Gasteiger charge is 1.99. The molecule has 0 heterocycles. The van der Waals surface area contributed by atoms with Gasteiger partial charge in [0.2, 0.25) is 0 Å². The van der Waals surface area contributed by atoms with Gasteiger partial charge in [0.15, 0.2) is 0 Å². The lowest BCUT2D eigenvalue weighted by atomic mass is 10.3. The molecular weight excluding hydrogens is 282 g/mol. The maximum Gasteiger partial charge on any atom is 0.124 e. The average molecular weight is 290 g/mol. The van der Waals surface area contributed by atoms with Gasteiger partial charge < -0.3 is 5.32 Å². The molecule has 0 aliphatic carbocycles. The Balaban J connectivity index is 2.62. The molecule has 1 aromatic rings. The zero-order chi connectivity index (χ0) is 9.68. The lowest BCUT2D eigenvalue weighted by Crippen LogP contribution is -2.01. The van der Waals surface area contributed by atoms with Crippen LogP contribution in [-0.2, 0) is 0 Å². The maximum absolute atomic E-state index is 12.7. The molecule has 1 rings (SSSR count). The van der Waals surface area contributed by atoms with Crippen molar-refractivity contribution in [3.8, 4) is 6.07 Å². The van der Waals surface area contributed by atoms with Crippen LogP contribution in [0.3, 0.4) is 0 Å². The second-order valence-electron chi connectivity index (χ2n) is 2.46. The van der Waals surface area contributed by atoms with Gasteiger partial charge in [0.25, 0.3) is 0 Å². The van der Waals surface area contributed by atoms with Crippen LogP contribution in [0.1, 0.15) is 6.42 Å². The molecule has 68 valence electrons. The standard InChI is InChI=1S/C9H8FIN2/c10-7-2-3-9(8(11)6-7)13-5-1-4-12/h2-3,6,13H,1,5H2. The van der Waals surface area contributed by atoms with E-state index in [1.54, 1.807) is 6.07 Å². The molecule has 0 unspecified atom stereocenters. The van der Waals surface area contributed by atoms with E-state index < -0.39 is 0 Å². The number of hydrogen-bond donors (Lipinski definition) is 1. The SMILES string of the molecule is N#CCCNc1ccc(F)cc1I.